The Kier molecular flexibility index (Phi) is 4.39. The summed E-state index contributed by atoms with van der Waals surface area (Å²) in [7, 11) is 0. The third kappa shape index (κ3) is 3.24. The van der Waals surface area contributed by atoms with E-state index in [9.17, 15) is 0 Å². The van der Waals surface area contributed by atoms with Crippen molar-refractivity contribution in [3.8, 4) is 0 Å². The Labute approximate surface area is 149 Å². The Hall–Kier alpha value is -1.70. The average molecular weight is 391 g/mol. The number of nitrogens with zero attached hydrogens (tertiary/aromatic N) is 3. The van der Waals surface area contributed by atoms with Crippen molar-refractivity contribution in [2.75, 3.05) is 36.5 Å². The van der Waals surface area contributed by atoms with Crippen LogP contribution in [0.2, 0.25) is 0 Å². The van der Waals surface area contributed by atoms with Crippen LogP contribution >= 0.6 is 15.9 Å². The normalized spacial score (nSPS) is 19.6. The van der Waals surface area contributed by atoms with Crippen molar-refractivity contribution in [2.24, 2.45) is 0 Å². The van der Waals surface area contributed by atoms with Gasteiger partial charge in [-0.1, -0.05) is 12.1 Å². The van der Waals surface area contributed by atoms with Gasteiger partial charge in [0.15, 0.2) is 5.79 Å². The molecule has 0 amide bonds. The molecule has 126 valence electrons. The second-order valence-corrected chi connectivity index (χ2v) is 6.79. The van der Waals surface area contributed by atoms with Crippen LogP contribution in [-0.4, -0.2) is 42.1 Å². The topological polar surface area (TPSA) is 59.5 Å². The maximum atomic E-state index is 5.78. The second kappa shape index (κ2) is 6.66. The zero-order valence-corrected chi connectivity index (χ0v) is 14.8. The number of anilines is 3. The molecule has 1 N–H and O–H groups in total. The summed E-state index contributed by atoms with van der Waals surface area (Å²) in [6.07, 6.45) is 3.52. The van der Waals surface area contributed by atoms with Crippen molar-refractivity contribution in [2.45, 2.75) is 18.6 Å². The monoisotopic (exact) mass is 390 g/mol. The fraction of sp³-hybridized carbons (Fsp3) is 0.412. The van der Waals surface area contributed by atoms with Gasteiger partial charge in [-0.2, -0.15) is 4.98 Å². The van der Waals surface area contributed by atoms with Crippen LogP contribution < -0.4 is 10.2 Å². The first kappa shape index (κ1) is 15.8. The summed E-state index contributed by atoms with van der Waals surface area (Å²) >= 11 is 3.53. The second-order valence-electron chi connectivity index (χ2n) is 5.94. The van der Waals surface area contributed by atoms with Gasteiger partial charge in [0, 0.05) is 36.6 Å². The van der Waals surface area contributed by atoms with Gasteiger partial charge in [0.1, 0.15) is 5.82 Å². The molecule has 7 heteroatoms. The van der Waals surface area contributed by atoms with Gasteiger partial charge < -0.3 is 19.7 Å². The standard InChI is InChI=1S/C17H19BrN4O2/c18-13-3-1-2-4-14(13)20-16-19-8-5-15(21-16)22-9-6-17(7-10-22)23-11-12-24-17/h1-5,8H,6-7,9-12H2,(H,19,20,21). The van der Waals surface area contributed by atoms with E-state index in [0.717, 1.165) is 41.9 Å². The van der Waals surface area contributed by atoms with Gasteiger partial charge in [-0.3, -0.25) is 0 Å². The first-order valence-corrected chi connectivity index (χ1v) is 8.91. The van der Waals surface area contributed by atoms with Crippen LogP contribution in [0, 0.1) is 0 Å². The van der Waals surface area contributed by atoms with Crippen LogP contribution in [0.15, 0.2) is 41.0 Å². The predicted molar refractivity (Wildman–Crippen MR) is 95.5 cm³/mol. The summed E-state index contributed by atoms with van der Waals surface area (Å²) in [5.74, 6) is 1.15. The van der Waals surface area contributed by atoms with Gasteiger partial charge in [-0.05, 0) is 34.1 Å². The number of nitrogens with one attached hydrogen (secondary N) is 1. The van der Waals surface area contributed by atoms with Crippen molar-refractivity contribution < 1.29 is 9.47 Å². The average Bonchev–Trinajstić information content (AvgIpc) is 3.06. The van der Waals surface area contributed by atoms with Gasteiger partial charge >= 0.3 is 0 Å². The molecular formula is C17H19BrN4O2. The van der Waals surface area contributed by atoms with E-state index >= 15 is 0 Å². The first-order valence-electron chi connectivity index (χ1n) is 8.12. The third-order valence-electron chi connectivity index (χ3n) is 4.42. The minimum atomic E-state index is -0.362. The SMILES string of the molecule is Brc1ccccc1Nc1nccc(N2CCC3(CC2)OCCO3)n1. The fourth-order valence-corrected chi connectivity index (χ4v) is 3.51. The van der Waals surface area contributed by atoms with Crippen molar-refractivity contribution >= 4 is 33.4 Å². The Bertz CT molecular complexity index is 711. The van der Waals surface area contributed by atoms with E-state index in [4.69, 9.17) is 9.47 Å². The molecule has 2 aliphatic rings. The largest absolute Gasteiger partial charge is 0.356 e. The van der Waals surface area contributed by atoms with E-state index in [2.05, 4.69) is 36.1 Å². The Morgan fingerprint density at radius 3 is 2.58 bits per heavy atom. The fourth-order valence-electron chi connectivity index (χ4n) is 3.13. The minimum absolute atomic E-state index is 0.362. The number of benzene rings is 1. The van der Waals surface area contributed by atoms with Crippen molar-refractivity contribution in [1.29, 1.82) is 0 Å². The van der Waals surface area contributed by atoms with E-state index in [1.165, 1.54) is 0 Å². The summed E-state index contributed by atoms with van der Waals surface area (Å²) < 4.78 is 12.5. The number of hydrogen-bond acceptors (Lipinski definition) is 6. The third-order valence-corrected chi connectivity index (χ3v) is 5.12. The molecule has 0 radical (unpaired) electrons. The zero-order valence-electron chi connectivity index (χ0n) is 13.2. The molecule has 6 nitrogen and oxygen atoms in total. The number of aromatic nitrogens is 2. The van der Waals surface area contributed by atoms with Crippen LogP contribution in [-0.2, 0) is 9.47 Å². The quantitative estimate of drug-likeness (QED) is 0.867. The van der Waals surface area contributed by atoms with E-state index in [-0.39, 0.29) is 5.79 Å². The van der Waals surface area contributed by atoms with Gasteiger partial charge in [0.25, 0.3) is 0 Å². The number of hydrogen-bond donors (Lipinski definition) is 1. The Morgan fingerprint density at radius 2 is 1.83 bits per heavy atom. The summed E-state index contributed by atoms with van der Waals surface area (Å²) in [5, 5.41) is 3.26. The molecule has 1 aromatic carbocycles. The molecule has 0 bridgehead atoms. The molecule has 1 aromatic heterocycles. The molecule has 0 saturated carbocycles. The molecule has 2 aromatic rings. The van der Waals surface area contributed by atoms with Gasteiger partial charge in [0.2, 0.25) is 5.95 Å². The molecule has 3 heterocycles. The molecule has 2 saturated heterocycles. The Morgan fingerprint density at radius 1 is 1.08 bits per heavy atom. The lowest BCUT2D eigenvalue weighted by Gasteiger charge is -2.38. The van der Waals surface area contributed by atoms with Gasteiger partial charge in [0.05, 0.1) is 18.9 Å². The van der Waals surface area contributed by atoms with Crippen LogP contribution in [0.25, 0.3) is 0 Å². The number of ether oxygens (including phenoxy) is 2. The first-order chi connectivity index (χ1) is 11.7. The molecule has 1 spiro atoms. The summed E-state index contributed by atoms with van der Waals surface area (Å²) in [4.78, 5) is 11.2. The zero-order chi connectivity index (χ0) is 16.4. The Balaban J connectivity index is 1.46. The highest BCUT2D eigenvalue weighted by Gasteiger charge is 2.40. The molecule has 2 aliphatic heterocycles. The molecule has 0 atom stereocenters. The highest BCUT2D eigenvalue weighted by Crippen LogP contribution is 2.33. The molecular weight excluding hydrogens is 372 g/mol. The summed E-state index contributed by atoms with van der Waals surface area (Å²) in [6.45, 7) is 3.14. The number of para-hydroxylation sites is 1. The van der Waals surface area contributed by atoms with Crippen LogP contribution in [0.4, 0.5) is 17.5 Å². The minimum Gasteiger partial charge on any atom is -0.356 e. The maximum Gasteiger partial charge on any atom is 0.229 e. The molecule has 0 aliphatic carbocycles. The van der Waals surface area contributed by atoms with E-state index in [1.54, 1.807) is 6.20 Å². The highest BCUT2D eigenvalue weighted by atomic mass is 79.9. The summed E-state index contributed by atoms with van der Waals surface area (Å²) in [6, 6.07) is 9.86. The molecule has 4 rings (SSSR count). The van der Waals surface area contributed by atoms with Crippen molar-refractivity contribution in [3.05, 3.63) is 41.0 Å². The highest BCUT2D eigenvalue weighted by molar-refractivity contribution is 9.10. The van der Waals surface area contributed by atoms with Crippen LogP contribution in [0.1, 0.15) is 12.8 Å². The molecule has 2 fully saturated rings. The maximum absolute atomic E-state index is 5.78. The van der Waals surface area contributed by atoms with E-state index in [1.807, 2.05) is 30.3 Å². The predicted octanol–water partition coefficient (Wildman–Crippen LogP) is 3.33. The van der Waals surface area contributed by atoms with Crippen LogP contribution in [0.5, 0.6) is 0 Å². The van der Waals surface area contributed by atoms with E-state index < -0.39 is 0 Å². The summed E-state index contributed by atoms with van der Waals surface area (Å²) in [5.41, 5.74) is 0.944. The smallest absolute Gasteiger partial charge is 0.229 e. The lowest BCUT2D eigenvalue weighted by molar-refractivity contribution is -0.169. The lowest BCUT2D eigenvalue weighted by atomic mass is 10.0. The number of rotatable bonds is 3. The lowest BCUT2D eigenvalue weighted by Crippen LogP contribution is -2.45. The van der Waals surface area contributed by atoms with Crippen molar-refractivity contribution in [1.82, 2.24) is 9.97 Å². The number of halogens is 1. The number of piperidine rings is 1. The van der Waals surface area contributed by atoms with Crippen LogP contribution in [0.3, 0.4) is 0 Å². The van der Waals surface area contributed by atoms with Gasteiger partial charge in [-0.25, -0.2) is 4.98 Å². The van der Waals surface area contributed by atoms with Crippen molar-refractivity contribution in [3.63, 3.8) is 0 Å². The molecule has 24 heavy (non-hydrogen) atoms. The van der Waals surface area contributed by atoms with Gasteiger partial charge in [-0.15, -0.1) is 0 Å². The molecule has 0 unspecified atom stereocenters. The van der Waals surface area contributed by atoms with E-state index in [0.29, 0.717) is 19.2 Å².